The summed E-state index contributed by atoms with van der Waals surface area (Å²) in [5.41, 5.74) is 1.04. The Morgan fingerprint density at radius 2 is 2.04 bits per heavy atom. The molecule has 2 saturated heterocycles. The summed E-state index contributed by atoms with van der Waals surface area (Å²) in [6.07, 6.45) is 2.66. The molecule has 0 N–H and O–H groups in total. The number of hydrogen-bond acceptors (Lipinski definition) is 6. The molecule has 0 bridgehead atoms. The van der Waals surface area contributed by atoms with Gasteiger partial charge in [0.2, 0.25) is 0 Å². The van der Waals surface area contributed by atoms with Crippen LogP contribution in [-0.4, -0.2) is 73.5 Å². The second-order valence-corrected chi connectivity index (χ2v) is 6.45. The van der Waals surface area contributed by atoms with Crippen molar-refractivity contribution in [1.29, 1.82) is 0 Å². The molecule has 1 aromatic heterocycles. The third-order valence-electron chi connectivity index (χ3n) is 4.53. The maximum atomic E-state index is 5.76. The van der Waals surface area contributed by atoms with E-state index < -0.39 is 0 Å². The Bertz CT molecular complexity index is 477. The lowest BCUT2D eigenvalue weighted by molar-refractivity contribution is 0.0101. The Kier molecular flexibility index (Phi) is 5.80. The van der Waals surface area contributed by atoms with E-state index in [0.29, 0.717) is 6.10 Å². The summed E-state index contributed by atoms with van der Waals surface area (Å²) in [4.78, 5) is 13.7. The highest BCUT2D eigenvalue weighted by Gasteiger charge is 2.19. The molecule has 1 aromatic rings. The smallest absolute Gasteiger partial charge is 0.132 e. The second-order valence-electron chi connectivity index (χ2n) is 6.45. The number of hydrogen-bond donors (Lipinski definition) is 0. The molecule has 3 heterocycles. The van der Waals surface area contributed by atoms with Gasteiger partial charge in [0, 0.05) is 51.1 Å². The molecule has 0 aliphatic carbocycles. The lowest BCUT2D eigenvalue weighted by atomic mass is 10.2. The van der Waals surface area contributed by atoms with Gasteiger partial charge in [-0.15, -0.1) is 0 Å². The second kappa shape index (κ2) is 8.04. The van der Waals surface area contributed by atoms with E-state index in [1.54, 1.807) is 0 Å². The van der Waals surface area contributed by atoms with Crippen molar-refractivity contribution in [1.82, 2.24) is 14.9 Å². The van der Waals surface area contributed by atoms with Gasteiger partial charge >= 0.3 is 0 Å². The van der Waals surface area contributed by atoms with Crippen molar-refractivity contribution in [2.45, 2.75) is 32.8 Å². The number of ether oxygens (including phenoxy) is 2. The fourth-order valence-electron chi connectivity index (χ4n) is 3.24. The van der Waals surface area contributed by atoms with Crippen LogP contribution in [0.2, 0.25) is 0 Å². The van der Waals surface area contributed by atoms with Crippen molar-refractivity contribution >= 4 is 5.82 Å². The molecule has 2 aliphatic rings. The summed E-state index contributed by atoms with van der Waals surface area (Å²) < 4.78 is 11.3. The van der Waals surface area contributed by atoms with Crippen LogP contribution < -0.4 is 4.90 Å². The predicted octanol–water partition coefficient (Wildman–Crippen LogP) is 1.41. The van der Waals surface area contributed by atoms with Crippen LogP contribution in [0.4, 0.5) is 5.82 Å². The summed E-state index contributed by atoms with van der Waals surface area (Å²) >= 11 is 0. The van der Waals surface area contributed by atoms with Crippen LogP contribution in [0.3, 0.4) is 0 Å². The largest absolute Gasteiger partial charge is 0.377 e. The van der Waals surface area contributed by atoms with Gasteiger partial charge in [-0.25, -0.2) is 9.97 Å². The maximum absolute atomic E-state index is 5.76. The molecular weight excluding hydrogens is 292 g/mol. The van der Waals surface area contributed by atoms with Gasteiger partial charge in [0.15, 0.2) is 0 Å². The average molecular weight is 320 g/mol. The van der Waals surface area contributed by atoms with Crippen LogP contribution in [0.25, 0.3) is 0 Å². The molecule has 128 valence electrons. The van der Waals surface area contributed by atoms with Crippen LogP contribution in [0, 0.1) is 13.8 Å². The molecular formula is C17H28N4O2. The Morgan fingerprint density at radius 1 is 1.22 bits per heavy atom. The summed E-state index contributed by atoms with van der Waals surface area (Å²) in [5.74, 6) is 1.91. The minimum Gasteiger partial charge on any atom is -0.377 e. The van der Waals surface area contributed by atoms with Crippen LogP contribution in [0.1, 0.15) is 24.4 Å². The third kappa shape index (κ3) is 4.86. The van der Waals surface area contributed by atoms with Gasteiger partial charge in [0.05, 0.1) is 19.3 Å². The highest BCUT2D eigenvalue weighted by Crippen LogP contribution is 2.15. The van der Waals surface area contributed by atoms with E-state index in [2.05, 4.69) is 25.8 Å². The van der Waals surface area contributed by atoms with Crippen molar-refractivity contribution in [2.24, 2.45) is 0 Å². The monoisotopic (exact) mass is 320 g/mol. The lowest BCUT2D eigenvalue weighted by Gasteiger charge is -2.35. The minimum absolute atomic E-state index is 0.330. The number of rotatable bonds is 6. The maximum Gasteiger partial charge on any atom is 0.132 e. The molecule has 0 saturated carbocycles. The first-order valence-corrected chi connectivity index (χ1v) is 8.69. The highest BCUT2D eigenvalue weighted by molar-refractivity contribution is 5.40. The quantitative estimate of drug-likeness (QED) is 0.739. The number of anilines is 1. The van der Waals surface area contributed by atoms with Gasteiger partial charge in [-0.3, -0.25) is 4.90 Å². The molecule has 0 amide bonds. The number of piperazine rings is 1. The molecule has 2 aliphatic heterocycles. The van der Waals surface area contributed by atoms with E-state index >= 15 is 0 Å². The van der Waals surface area contributed by atoms with Crippen molar-refractivity contribution in [3.05, 3.63) is 17.6 Å². The van der Waals surface area contributed by atoms with E-state index in [4.69, 9.17) is 9.47 Å². The fourth-order valence-corrected chi connectivity index (χ4v) is 3.24. The molecule has 23 heavy (non-hydrogen) atoms. The zero-order valence-corrected chi connectivity index (χ0v) is 14.3. The Morgan fingerprint density at radius 3 is 2.74 bits per heavy atom. The Labute approximate surface area is 138 Å². The molecule has 6 nitrogen and oxygen atoms in total. The van der Waals surface area contributed by atoms with Crippen molar-refractivity contribution < 1.29 is 9.47 Å². The topological polar surface area (TPSA) is 50.7 Å². The Hall–Kier alpha value is -1.24. The molecule has 0 spiro atoms. The predicted molar refractivity (Wildman–Crippen MR) is 90.0 cm³/mol. The van der Waals surface area contributed by atoms with Crippen LogP contribution >= 0.6 is 0 Å². The van der Waals surface area contributed by atoms with Crippen LogP contribution in [-0.2, 0) is 9.47 Å². The highest BCUT2D eigenvalue weighted by atomic mass is 16.5. The van der Waals surface area contributed by atoms with E-state index in [0.717, 1.165) is 76.3 Å². The zero-order chi connectivity index (χ0) is 16.1. The molecule has 3 rings (SSSR count). The number of aromatic nitrogens is 2. The summed E-state index contributed by atoms with van der Waals surface area (Å²) in [5, 5.41) is 0. The third-order valence-corrected chi connectivity index (χ3v) is 4.53. The van der Waals surface area contributed by atoms with Crippen molar-refractivity contribution in [3.8, 4) is 0 Å². The van der Waals surface area contributed by atoms with E-state index in [1.807, 2.05) is 13.8 Å². The zero-order valence-electron chi connectivity index (χ0n) is 14.3. The minimum atomic E-state index is 0.330. The van der Waals surface area contributed by atoms with Crippen LogP contribution in [0.5, 0.6) is 0 Å². The van der Waals surface area contributed by atoms with Gasteiger partial charge in [-0.05, 0) is 26.7 Å². The van der Waals surface area contributed by atoms with E-state index in [-0.39, 0.29) is 0 Å². The fraction of sp³-hybridized carbons (Fsp3) is 0.765. The van der Waals surface area contributed by atoms with Crippen molar-refractivity contribution in [2.75, 3.05) is 57.4 Å². The normalized spacial score (nSPS) is 22.7. The van der Waals surface area contributed by atoms with Gasteiger partial charge < -0.3 is 14.4 Å². The first-order chi connectivity index (χ1) is 11.2. The molecule has 0 radical (unpaired) electrons. The molecule has 0 aromatic carbocycles. The van der Waals surface area contributed by atoms with Crippen LogP contribution in [0.15, 0.2) is 6.07 Å². The molecule has 1 atom stereocenters. The standard InChI is InChI=1S/C17H28N4O2/c1-14-12-17(19-15(2)18-14)21-7-5-20(6-8-21)9-11-22-13-16-4-3-10-23-16/h12,16H,3-11,13H2,1-2H3/t16-/m0/s1. The molecule has 2 fully saturated rings. The number of aryl methyl sites for hydroxylation is 2. The molecule has 6 heteroatoms. The average Bonchev–Trinajstić information content (AvgIpc) is 3.04. The molecule has 0 unspecified atom stereocenters. The summed E-state index contributed by atoms with van der Waals surface area (Å²) in [6.45, 7) is 11.6. The first kappa shape index (κ1) is 16.6. The van der Waals surface area contributed by atoms with Gasteiger partial charge in [-0.2, -0.15) is 0 Å². The van der Waals surface area contributed by atoms with Gasteiger partial charge in [-0.1, -0.05) is 0 Å². The Balaban J connectivity index is 1.36. The van der Waals surface area contributed by atoms with Gasteiger partial charge in [0.25, 0.3) is 0 Å². The first-order valence-electron chi connectivity index (χ1n) is 8.69. The van der Waals surface area contributed by atoms with E-state index in [1.165, 1.54) is 6.42 Å². The summed E-state index contributed by atoms with van der Waals surface area (Å²) in [6, 6.07) is 2.08. The van der Waals surface area contributed by atoms with Crippen molar-refractivity contribution in [3.63, 3.8) is 0 Å². The van der Waals surface area contributed by atoms with E-state index in [9.17, 15) is 0 Å². The summed E-state index contributed by atoms with van der Waals surface area (Å²) in [7, 11) is 0. The van der Waals surface area contributed by atoms with Gasteiger partial charge in [0.1, 0.15) is 11.6 Å². The lowest BCUT2D eigenvalue weighted by Crippen LogP contribution is -2.47. The SMILES string of the molecule is Cc1cc(N2CCN(CCOC[C@@H]3CCCO3)CC2)nc(C)n1. The number of nitrogens with zero attached hydrogens (tertiary/aromatic N) is 4.